The molecular formula is C15H16FNO3S. The van der Waals surface area contributed by atoms with Gasteiger partial charge in [-0.1, -0.05) is 0 Å². The molecule has 1 aromatic heterocycles. The van der Waals surface area contributed by atoms with Gasteiger partial charge in [-0.2, -0.15) is 0 Å². The van der Waals surface area contributed by atoms with Gasteiger partial charge >= 0.3 is 0 Å². The molecule has 6 heteroatoms. The first-order valence-electron chi connectivity index (χ1n) is 6.44. The molecule has 1 heterocycles. The number of carbonyl (C=O) groups is 1. The molecule has 21 heavy (non-hydrogen) atoms. The van der Waals surface area contributed by atoms with E-state index in [9.17, 15) is 13.4 Å². The Morgan fingerprint density at radius 3 is 2.67 bits per heavy atom. The fourth-order valence-corrected chi connectivity index (χ4v) is 2.48. The number of hydrogen-bond acceptors (Lipinski definition) is 3. The Balaban J connectivity index is 1.93. The second kappa shape index (κ2) is 6.67. The Bertz CT molecular complexity index is 681. The van der Waals surface area contributed by atoms with E-state index < -0.39 is 16.6 Å². The summed E-state index contributed by atoms with van der Waals surface area (Å²) in [7, 11) is -1.39. The third-order valence-electron chi connectivity index (χ3n) is 2.92. The number of rotatable bonds is 5. The van der Waals surface area contributed by atoms with Gasteiger partial charge in [0.15, 0.2) is 0 Å². The van der Waals surface area contributed by atoms with Crippen LogP contribution >= 0.6 is 0 Å². The molecule has 0 aliphatic carbocycles. The van der Waals surface area contributed by atoms with Gasteiger partial charge in [0.2, 0.25) is 5.91 Å². The predicted octanol–water partition coefficient (Wildman–Crippen LogP) is 3.04. The SMILES string of the molecule is Cc1ccc(CCC(=O)Nc2ccc([S@@](C)=O)c(F)c2)o1. The van der Waals surface area contributed by atoms with Gasteiger partial charge in [-0.25, -0.2) is 4.39 Å². The van der Waals surface area contributed by atoms with Crippen molar-refractivity contribution in [1.29, 1.82) is 0 Å². The maximum atomic E-state index is 13.6. The maximum absolute atomic E-state index is 13.6. The summed E-state index contributed by atoms with van der Waals surface area (Å²) in [6.07, 6.45) is 2.14. The van der Waals surface area contributed by atoms with Crippen LogP contribution in [0.15, 0.2) is 39.6 Å². The van der Waals surface area contributed by atoms with Crippen LogP contribution in [0.4, 0.5) is 10.1 Å². The van der Waals surface area contributed by atoms with Gasteiger partial charge in [0.1, 0.15) is 17.3 Å². The van der Waals surface area contributed by atoms with Gasteiger partial charge in [-0.05, 0) is 37.3 Å². The zero-order chi connectivity index (χ0) is 15.4. The lowest BCUT2D eigenvalue weighted by atomic mass is 10.2. The second-order valence-corrected chi connectivity index (χ2v) is 6.01. The summed E-state index contributed by atoms with van der Waals surface area (Å²) in [5, 5.41) is 2.61. The van der Waals surface area contributed by atoms with Crippen molar-refractivity contribution >= 4 is 22.4 Å². The van der Waals surface area contributed by atoms with Crippen molar-refractivity contribution in [3.05, 3.63) is 47.7 Å². The normalized spacial score (nSPS) is 12.1. The standard InChI is InChI=1S/C15H16FNO3S/c1-10-3-5-12(20-10)6-8-15(18)17-11-4-7-14(21(2)19)13(16)9-11/h3-5,7,9H,6,8H2,1-2H3,(H,17,18)/t21-/m1/s1. The minimum absolute atomic E-state index is 0.124. The van der Waals surface area contributed by atoms with Crippen LogP contribution in [0.2, 0.25) is 0 Å². The summed E-state index contributed by atoms with van der Waals surface area (Å²) in [5.74, 6) is 0.727. The van der Waals surface area contributed by atoms with Gasteiger partial charge in [-0.3, -0.25) is 9.00 Å². The molecule has 4 nitrogen and oxygen atoms in total. The van der Waals surface area contributed by atoms with E-state index in [2.05, 4.69) is 5.32 Å². The summed E-state index contributed by atoms with van der Waals surface area (Å²) in [4.78, 5) is 11.9. The minimum atomic E-state index is -1.39. The maximum Gasteiger partial charge on any atom is 0.224 e. The van der Waals surface area contributed by atoms with Crippen LogP contribution in [0.3, 0.4) is 0 Å². The predicted molar refractivity (Wildman–Crippen MR) is 79.1 cm³/mol. The Morgan fingerprint density at radius 2 is 2.10 bits per heavy atom. The molecule has 1 N–H and O–H groups in total. The number of hydrogen-bond donors (Lipinski definition) is 1. The highest BCUT2D eigenvalue weighted by Gasteiger charge is 2.09. The molecule has 0 saturated carbocycles. The fourth-order valence-electron chi connectivity index (χ4n) is 1.89. The molecule has 0 fully saturated rings. The molecule has 0 unspecified atom stereocenters. The lowest BCUT2D eigenvalue weighted by Crippen LogP contribution is -2.12. The summed E-state index contributed by atoms with van der Waals surface area (Å²) >= 11 is 0. The van der Waals surface area contributed by atoms with E-state index in [1.165, 1.54) is 24.5 Å². The van der Waals surface area contributed by atoms with Gasteiger partial charge < -0.3 is 9.73 Å². The Morgan fingerprint density at radius 1 is 1.33 bits per heavy atom. The van der Waals surface area contributed by atoms with Crippen molar-refractivity contribution in [2.24, 2.45) is 0 Å². The van der Waals surface area contributed by atoms with Crippen LogP contribution in [0.1, 0.15) is 17.9 Å². The molecule has 2 rings (SSSR count). The number of anilines is 1. The number of amides is 1. The summed E-state index contributed by atoms with van der Waals surface area (Å²) in [6.45, 7) is 1.84. The van der Waals surface area contributed by atoms with Crippen LogP contribution < -0.4 is 5.32 Å². The third kappa shape index (κ3) is 4.26. The van der Waals surface area contributed by atoms with Crippen molar-refractivity contribution in [2.75, 3.05) is 11.6 Å². The van der Waals surface area contributed by atoms with E-state index in [0.29, 0.717) is 12.1 Å². The third-order valence-corrected chi connectivity index (χ3v) is 3.87. The van der Waals surface area contributed by atoms with Gasteiger partial charge in [0.05, 0.1) is 15.7 Å². The van der Waals surface area contributed by atoms with E-state index in [1.54, 1.807) is 0 Å². The molecule has 0 spiro atoms. The largest absolute Gasteiger partial charge is 0.466 e. The lowest BCUT2D eigenvalue weighted by molar-refractivity contribution is -0.116. The number of nitrogens with one attached hydrogen (secondary N) is 1. The first-order chi connectivity index (χ1) is 9.95. The highest BCUT2D eigenvalue weighted by Crippen LogP contribution is 2.17. The Labute approximate surface area is 124 Å². The summed E-state index contributed by atoms with van der Waals surface area (Å²) in [6, 6.07) is 7.79. The van der Waals surface area contributed by atoms with Gasteiger partial charge in [0, 0.05) is 24.8 Å². The molecular weight excluding hydrogens is 293 g/mol. The Hall–Kier alpha value is -1.95. The first-order valence-corrected chi connectivity index (χ1v) is 7.99. The number of carbonyl (C=O) groups excluding carboxylic acids is 1. The fraction of sp³-hybridized carbons (Fsp3) is 0.267. The van der Waals surface area contributed by atoms with E-state index in [0.717, 1.165) is 11.5 Å². The van der Waals surface area contributed by atoms with Crippen molar-refractivity contribution in [1.82, 2.24) is 0 Å². The van der Waals surface area contributed by atoms with E-state index in [1.807, 2.05) is 19.1 Å². The highest BCUT2D eigenvalue weighted by molar-refractivity contribution is 7.84. The smallest absolute Gasteiger partial charge is 0.224 e. The molecule has 0 aliphatic heterocycles. The molecule has 1 atom stereocenters. The van der Waals surface area contributed by atoms with Crippen molar-refractivity contribution in [3.8, 4) is 0 Å². The summed E-state index contributed by atoms with van der Waals surface area (Å²) < 4.78 is 30.3. The molecule has 2 aromatic rings. The average molecular weight is 309 g/mol. The molecule has 0 radical (unpaired) electrons. The number of benzene rings is 1. The lowest BCUT2D eigenvalue weighted by Gasteiger charge is -2.06. The van der Waals surface area contributed by atoms with Crippen LogP contribution in [-0.2, 0) is 22.0 Å². The molecule has 112 valence electrons. The zero-order valence-corrected chi connectivity index (χ0v) is 12.6. The van der Waals surface area contributed by atoms with Crippen molar-refractivity contribution < 1.29 is 17.8 Å². The molecule has 0 bridgehead atoms. The van der Waals surface area contributed by atoms with Gasteiger partial charge in [0.25, 0.3) is 0 Å². The number of halogens is 1. The minimum Gasteiger partial charge on any atom is -0.466 e. The van der Waals surface area contributed by atoms with Crippen molar-refractivity contribution in [2.45, 2.75) is 24.7 Å². The van der Waals surface area contributed by atoms with Crippen LogP contribution in [0.25, 0.3) is 0 Å². The summed E-state index contributed by atoms with van der Waals surface area (Å²) in [5.41, 5.74) is 0.349. The average Bonchev–Trinajstić information content (AvgIpc) is 2.82. The van der Waals surface area contributed by atoms with Crippen molar-refractivity contribution in [3.63, 3.8) is 0 Å². The van der Waals surface area contributed by atoms with Crippen LogP contribution in [0.5, 0.6) is 0 Å². The Kier molecular flexibility index (Phi) is 4.90. The first kappa shape index (κ1) is 15.4. The van der Waals surface area contributed by atoms with Gasteiger partial charge in [-0.15, -0.1) is 0 Å². The van der Waals surface area contributed by atoms with E-state index in [-0.39, 0.29) is 17.2 Å². The monoisotopic (exact) mass is 309 g/mol. The number of furan rings is 1. The topological polar surface area (TPSA) is 59.3 Å². The van der Waals surface area contributed by atoms with Crippen LogP contribution in [-0.4, -0.2) is 16.4 Å². The molecule has 0 saturated heterocycles. The number of aryl methyl sites for hydroxylation is 2. The molecule has 1 aromatic carbocycles. The zero-order valence-electron chi connectivity index (χ0n) is 11.8. The molecule has 0 aliphatic rings. The molecule has 1 amide bonds. The van der Waals surface area contributed by atoms with E-state index in [4.69, 9.17) is 4.42 Å². The van der Waals surface area contributed by atoms with E-state index >= 15 is 0 Å². The second-order valence-electron chi connectivity index (χ2n) is 4.66. The quantitative estimate of drug-likeness (QED) is 0.923. The highest BCUT2D eigenvalue weighted by atomic mass is 32.2. The van der Waals surface area contributed by atoms with Crippen LogP contribution in [0, 0.1) is 12.7 Å².